The Morgan fingerprint density at radius 1 is 1.32 bits per heavy atom. The number of fused-ring (bicyclic) bond motifs is 1. The van der Waals surface area contributed by atoms with Crippen molar-refractivity contribution >= 4 is 23.2 Å². The number of hydrogen-bond acceptors (Lipinski definition) is 3. The van der Waals surface area contributed by atoms with Gasteiger partial charge in [-0.15, -0.1) is 11.3 Å². The largest absolute Gasteiger partial charge is 0.370 e. The van der Waals surface area contributed by atoms with E-state index in [2.05, 4.69) is 13.0 Å². The molecular formula is C17H24N2O2S. The van der Waals surface area contributed by atoms with E-state index in [-0.39, 0.29) is 11.8 Å². The number of likely N-dealkylation sites (tertiary alicyclic amines) is 1. The summed E-state index contributed by atoms with van der Waals surface area (Å²) in [4.78, 5) is 27.9. The molecule has 1 aliphatic heterocycles. The Kier molecular flexibility index (Phi) is 4.52. The normalized spacial score (nSPS) is 22.4. The standard InChI is InChI=1S/C17H24N2O2S/c1-11-2-3-14-13(8-11)10-15(22-14)17(21)19-6-4-12(5-7-19)9-16(18)20/h10-12H,2-9H2,1H3,(H2,18,20)/t11-/m0/s1. The van der Waals surface area contributed by atoms with Gasteiger partial charge >= 0.3 is 0 Å². The summed E-state index contributed by atoms with van der Waals surface area (Å²) < 4.78 is 0. The van der Waals surface area contributed by atoms with Crippen LogP contribution in [0.1, 0.15) is 52.7 Å². The van der Waals surface area contributed by atoms with E-state index in [1.54, 1.807) is 11.3 Å². The predicted molar refractivity (Wildman–Crippen MR) is 87.9 cm³/mol. The summed E-state index contributed by atoms with van der Waals surface area (Å²) in [5.41, 5.74) is 6.64. The molecular weight excluding hydrogens is 296 g/mol. The molecule has 22 heavy (non-hydrogen) atoms. The number of carbonyl (C=O) groups is 2. The molecule has 1 fully saturated rings. The molecule has 1 aliphatic carbocycles. The predicted octanol–water partition coefficient (Wildman–Crippen LogP) is 2.60. The van der Waals surface area contributed by atoms with Gasteiger partial charge in [0.15, 0.2) is 0 Å². The summed E-state index contributed by atoms with van der Waals surface area (Å²) in [7, 11) is 0. The highest BCUT2D eigenvalue weighted by Gasteiger charge is 2.27. The number of piperidine rings is 1. The summed E-state index contributed by atoms with van der Waals surface area (Å²) in [5, 5.41) is 0. The Hall–Kier alpha value is -1.36. The molecule has 1 atom stereocenters. The molecule has 0 radical (unpaired) electrons. The minimum absolute atomic E-state index is 0.171. The number of amides is 2. The van der Waals surface area contributed by atoms with Gasteiger partial charge in [0.25, 0.3) is 5.91 Å². The molecule has 0 unspecified atom stereocenters. The van der Waals surface area contributed by atoms with Gasteiger partial charge in [-0.3, -0.25) is 9.59 Å². The number of primary amides is 1. The van der Waals surface area contributed by atoms with Crippen molar-refractivity contribution in [2.24, 2.45) is 17.6 Å². The van der Waals surface area contributed by atoms with Crippen LogP contribution in [0.2, 0.25) is 0 Å². The molecule has 0 bridgehead atoms. The molecule has 0 saturated carbocycles. The van der Waals surface area contributed by atoms with Gasteiger partial charge in [-0.25, -0.2) is 0 Å². The van der Waals surface area contributed by atoms with Crippen LogP contribution in [0.5, 0.6) is 0 Å². The van der Waals surface area contributed by atoms with E-state index in [1.165, 1.54) is 16.9 Å². The minimum atomic E-state index is -0.232. The van der Waals surface area contributed by atoms with Crippen LogP contribution in [-0.2, 0) is 17.6 Å². The first-order chi connectivity index (χ1) is 10.5. The number of aryl methyl sites for hydroxylation is 1. The number of rotatable bonds is 3. The number of hydrogen-bond donors (Lipinski definition) is 1. The van der Waals surface area contributed by atoms with Crippen LogP contribution in [0.15, 0.2) is 6.07 Å². The number of carbonyl (C=O) groups excluding carboxylic acids is 2. The molecule has 0 aromatic carbocycles. The lowest BCUT2D eigenvalue weighted by atomic mass is 9.90. The first-order valence-corrected chi connectivity index (χ1v) is 9.03. The third-order valence-electron chi connectivity index (χ3n) is 4.93. The van der Waals surface area contributed by atoms with Gasteiger partial charge in [0.1, 0.15) is 0 Å². The maximum atomic E-state index is 12.7. The summed E-state index contributed by atoms with van der Waals surface area (Å²) in [6.07, 6.45) is 5.69. The number of nitrogens with zero attached hydrogens (tertiary/aromatic N) is 1. The number of nitrogens with two attached hydrogens (primary N) is 1. The maximum Gasteiger partial charge on any atom is 0.263 e. The second-order valence-electron chi connectivity index (χ2n) is 6.81. The molecule has 1 aromatic heterocycles. The lowest BCUT2D eigenvalue weighted by molar-refractivity contribution is -0.119. The molecule has 3 rings (SSSR count). The van der Waals surface area contributed by atoms with Crippen LogP contribution in [0, 0.1) is 11.8 Å². The number of thiophene rings is 1. The van der Waals surface area contributed by atoms with Crippen LogP contribution in [0.25, 0.3) is 0 Å². The van der Waals surface area contributed by atoms with Crippen LogP contribution in [0.3, 0.4) is 0 Å². The Bertz CT molecular complexity index is 573. The fraction of sp³-hybridized carbons (Fsp3) is 0.647. The molecule has 2 amide bonds. The fourth-order valence-corrected chi connectivity index (χ4v) is 4.77. The van der Waals surface area contributed by atoms with Crippen LogP contribution >= 0.6 is 11.3 Å². The minimum Gasteiger partial charge on any atom is -0.370 e. The lowest BCUT2D eigenvalue weighted by Crippen LogP contribution is -2.39. The monoisotopic (exact) mass is 320 g/mol. The highest BCUT2D eigenvalue weighted by molar-refractivity contribution is 7.14. The first kappa shape index (κ1) is 15.5. The Morgan fingerprint density at radius 3 is 2.73 bits per heavy atom. The van der Waals surface area contributed by atoms with Gasteiger partial charge in [0.05, 0.1) is 4.88 Å². The molecule has 1 aromatic rings. The molecule has 2 N–H and O–H groups in total. The SMILES string of the molecule is C[C@H]1CCc2sc(C(=O)N3CCC(CC(N)=O)CC3)cc2C1. The average molecular weight is 320 g/mol. The zero-order valence-electron chi connectivity index (χ0n) is 13.1. The molecule has 0 spiro atoms. The summed E-state index contributed by atoms with van der Waals surface area (Å²) >= 11 is 1.69. The molecule has 120 valence electrons. The van der Waals surface area contributed by atoms with Gasteiger partial charge in [-0.1, -0.05) is 6.92 Å². The van der Waals surface area contributed by atoms with Gasteiger partial charge in [0, 0.05) is 24.4 Å². The first-order valence-electron chi connectivity index (χ1n) is 8.22. The maximum absolute atomic E-state index is 12.7. The molecule has 4 nitrogen and oxygen atoms in total. The van der Waals surface area contributed by atoms with E-state index in [0.29, 0.717) is 12.3 Å². The molecule has 2 aliphatic rings. The fourth-order valence-electron chi connectivity index (χ4n) is 3.59. The van der Waals surface area contributed by atoms with Crippen molar-refractivity contribution in [3.63, 3.8) is 0 Å². The Balaban J connectivity index is 1.62. The van der Waals surface area contributed by atoms with Crippen LogP contribution in [-0.4, -0.2) is 29.8 Å². The van der Waals surface area contributed by atoms with Crippen LogP contribution in [0.4, 0.5) is 0 Å². The third kappa shape index (κ3) is 3.35. The molecule has 5 heteroatoms. The van der Waals surface area contributed by atoms with Crippen LogP contribution < -0.4 is 5.73 Å². The molecule has 1 saturated heterocycles. The van der Waals surface area contributed by atoms with Crippen molar-refractivity contribution in [2.75, 3.05) is 13.1 Å². The molecule has 2 heterocycles. The van der Waals surface area contributed by atoms with E-state index in [9.17, 15) is 9.59 Å². The summed E-state index contributed by atoms with van der Waals surface area (Å²) in [6.45, 7) is 3.77. The van der Waals surface area contributed by atoms with Crippen molar-refractivity contribution < 1.29 is 9.59 Å². The summed E-state index contributed by atoms with van der Waals surface area (Å²) in [6, 6.07) is 2.12. The second kappa shape index (κ2) is 6.41. The van der Waals surface area contributed by atoms with Gasteiger partial charge in [-0.2, -0.15) is 0 Å². The van der Waals surface area contributed by atoms with E-state index in [4.69, 9.17) is 5.73 Å². The van der Waals surface area contributed by atoms with Crippen molar-refractivity contribution in [3.8, 4) is 0 Å². The van der Waals surface area contributed by atoms with E-state index in [0.717, 1.165) is 49.6 Å². The van der Waals surface area contributed by atoms with Crippen molar-refractivity contribution in [3.05, 3.63) is 21.4 Å². The zero-order valence-corrected chi connectivity index (χ0v) is 14.0. The Morgan fingerprint density at radius 2 is 2.05 bits per heavy atom. The van der Waals surface area contributed by atoms with Crippen molar-refractivity contribution in [1.82, 2.24) is 4.90 Å². The van der Waals surface area contributed by atoms with E-state index in [1.807, 2.05) is 4.90 Å². The van der Waals surface area contributed by atoms with Crippen molar-refractivity contribution in [2.45, 2.75) is 45.4 Å². The Labute approximate surface area is 135 Å². The van der Waals surface area contributed by atoms with Gasteiger partial charge < -0.3 is 10.6 Å². The highest BCUT2D eigenvalue weighted by Crippen LogP contribution is 2.33. The topological polar surface area (TPSA) is 63.4 Å². The van der Waals surface area contributed by atoms with E-state index >= 15 is 0 Å². The highest BCUT2D eigenvalue weighted by atomic mass is 32.1. The summed E-state index contributed by atoms with van der Waals surface area (Å²) in [5.74, 6) is 1.02. The zero-order chi connectivity index (χ0) is 15.7. The van der Waals surface area contributed by atoms with Gasteiger partial charge in [0.2, 0.25) is 5.91 Å². The quantitative estimate of drug-likeness (QED) is 0.930. The second-order valence-corrected chi connectivity index (χ2v) is 7.95. The van der Waals surface area contributed by atoms with Gasteiger partial charge in [-0.05, 0) is 55.6 Å². The lowest BCUT2D eigenvalue weighted by Gasteiger charge is -2.31. The average Bonchev–Trinajstić information content (AvgIpc) is 2.89. The van der Waals surface area contributed by atoms with E-state index < -0.39 is 0 Å². The third-order valence-corrected chi connectivity index (χ3v) is 6.16. The van der Waals surface area contributed by atoms with Crippen molar-refractivity contribution in [1.29, 1.82) is 0 Å². The smallest absolute Gasteiger partial charge is 0.263 e.